The van der Waals surface area contributed by atoms with E-state index in [9.17, 15) is 4.79 Å². The van der Waals surface area contributed by atoms with Gasteiger partial charge < -0.3 is 0 Å². The van der Waals surface area contributed by atoms with Crippen LogP contribution in [0.4, 0.5) is 0 Å². The van der Waals surface area contributed by atoms with Crippen LogP contribution in [0.3, 0.4) is 0 Å². The van der Waals surface area contributed by atoms with E-state index in [1.807, 2.05) is 23.9 Å². The first-order chi connectivity index (χ1) is 10.3. The van der Waals surface area contributed by atoms with E-state index in [2.05, 4.69) is 44.5 Å². The fourth-order valence-corrected chi connectivity index (χ4v) is 5.00. The molecule has 22 heavy (non-hydrogen) atoms. The quantitative estimate of drug-likeness (QED) is 0.789. The van der Waals surface area contributed by atoms with Crippen LogP contribution in [-0.4, -0.2) is 9.36 Å². The minimum absolute atomic E-state index is 0.108. The van der Waals surface area contributed by atoms with Gasteiger partial charge in [-0.3, -0.25) is 9.48 Å². The molecule has 2 bridgehead atoms. The molecule has 0 amide bonds. The minimum Gasteiger partial charge on any atom is -0.284 e. The van der Waals surface area contributed by atoms with Gasteiger partial charge in [0.15, 0.2) is 0 Å². The Bertz CT molecular complexity index is 822. The van der Waals surface area contributed by atoms with Gasteiger partial charge >= 0.3 is 0 Å². The fourth-order valence-electron chi connectivity index (χ4n) is 5.00. The maximum Gasteiger partial charge on any atom is 0.275 e. The van der Waals surface area contributed by atoms with Crippen molar-refractivity contribution in [2.75, 3.05) is 0 Å². The minimum atomic E-state index is 0.108. The van der Waals surface area contributed by atoms with Gasteiger partial charge in [-0.05, 0) is 43.2 Å². The standard InChI is InChI=1S/C19H24N2O/c1-12-6-8-13(9-7-12)21-17(22)15-14-10-11-19(4,18(14,2)3)16(15)20(21)5/h6-9,14H,10-11H2,1-5H3/t14?,19-/m0/s1. The van der Waals surface area contributed by atoms with Gasteiger partial charge in [0, 0.05) is 18.0 Å². The topological polar surface area (TPSA) is 26.9 Å². The van der Waals surface area contributed by atoms with E-state index in [4.69, 9.17) is 0 Å². The molecule has 0 spiro atoms. The highest BCUT2D eigenvalue weighted by molar-refractivity contribution is 5.47. The molecule has 0 radical (unpaired) electrons. The fraction of sp³-hybridized carbons (Fsp3) is 0.526. The van der Waals surface area contributed by atoms with Gasteiger partial charge in [-0.2, -0.15) is 0 Å². The largest absolute Gasteiger partial charge is 0.284 e. The molecular weight excluding hydrogens is 272 g/mol. The summed E-state index contributed by atoms with van der Waals surface area (Å²) in [6.07, 6.45) is 2.33. The van der Waals surface area contributed by atoms with Crippen molar-refractivity contribution < 1.29 is 0 Å². The van der Waals surface area contributed by atoms with Crippen molar-refractivity contribution in [3.8, 4) is 5.69 Å². The van der Waals surface area contributed by atoms with E-state index >= 15 is 0 Å². The first kappa shape index (κ1) is 13.9. The number of benzene rings is 1. The second-order valence-corrected chi connectivity index (χ2v) is 7.88. The lowest BCUT2D eigenvalue weighted by molar-refractivity contribution is 0.218. The third kappa shape index (κ3) is 1.35. The van der Waals surface area contributed by atoms with Gasteiger partial charge in [-0.1, -0.05) is 38.5 Å². The van der Waals surface area contributed by atoms with Gasteiger partial charge in [0.2, 0.25) is 0 Å². The van der Waals surface area contributed by atoms with E-state index in [1.165, 1.54) is 17.7 Å². The number of fused-ring (bicyclic) bond motifs is 5. The number of hydrogen-bond donors (Lipinski definition) is 0. The molecule has 116 valence electrons. The molecule has 1 aromatic heterocycles. The van der Waals surface area contributed by atoms with Crippen LogP contribution < -0.4 is 5.56 Å². The molecule has 4 rings (SSSR count). The molecule has 1 heterocycles. The number of nitrogens with zero attached hydrogens (tertiary/aromatic N) is 2. The zero-order chi connectivity index (χ0) is 15.9. The van der Waals surface area contributed by atoms with Gasteiger partial charge in [0.05, 0.1) is 11.4 Å². The second kappa shape index (κ2) is 3.95. The molecule has 1 saturated carbocycles. The summed E-state index contributed by atoms with van der Waals surface area (Å²) >= 11 is 0. The van der Waals surface area contributed by atoms with Crippen molar-refractivity contribution in [1.29, 1.82) is 0 Å². The second-order valence-electron chi connectivity index (χ2n) is 7.88. The van der Waals surface area contributed by atoms with Crippen LogP contribution in [0.1, 0.15) is 56.4 Å². The monoisotopic (exact) mass is 296 g/mol. The maximum atomic E-state index is 13.1. The van der Waals surface area contributed by atoms with Gasteiger partial charge in [-0.25, -0.2) is 4.68 Å². The molecule has 0 N–H and O–H groups in total. The molecule has 2 aromatic rings. The Morgan fingerprint density at radius 1 is 1.14 bits per heavy atom. The van der Waals surface area contributed by atoms with Crippen molar-refractivity contribution in [2.24, 2.45) is 12.5 Å². The van der Waals surface area contributed by atoms with E-state index in [0.717, 1.165) is 17.7 Å². The van der Waals surface area contributed by atoms with Crippen molar-refractivity contribution in [1.82, 2.24) is 9.36 Å². The van der Waals surface area contributed by atoms with Crippen LogP contribution in [0.5, 0.6) is 0 Å². The van der Waals surface area contributed by atoms with Crippen LogP contribution in [0.2, 0.25) is 0 Å². The molecule has 1 aromatic carbocycles. The number of rotatable bonds is 1. The van der Waals surface area contributed by atoms with E-state index < -0.39 is 0 Å². The summed E-state index contributed by atoms with van der Waals surface area (Å²) in [4.78, 5) is 13.1. The normalized spacial score (nSPS) is 28.1. The van der Waals surface area contributed by atoms with Gasteiger partial charge in [0.1, 0.15) is 0 Å². The summed E-state index contributed by atoms with van der Waals surface area (Å²) in [7, 11) is 2.04. The highest BCUT2D eigenvalue weighted by Gasteiger charge is 2.62. The highest BCUT2D eigenvalue weighted by Crippen LogP contribution is 2.66. The number of aromatic nitrogens is 2. The van der Waals surface area contributed by atoms with Crippen molar-refractivity contribution in [3.63, 3.8) is 0 Å². The zero-order valence-corrected chi connectivity index (χ0v) is 14.1. The molecule has 1 unspecified atom stereocenters. The van der Waals surface area contributed by atoms with E-state index in [-0.39, 0.29) is 16.4 Å². The van der Waals surface area contributed by atoms with Crippen LogP contribution in [0, 0.1) is 12.3 Å². The van der Waals surface area contributed by atoms with Crippen LogP contribution >= 0.6 is 0 Å². The number of aryl methyl sites for hydroxylation is 1. The molecule has 0 aliphatic heterocycles. The van der Waals surface area contributed by atoms with Gasteiger partial charge in [-0.15, -0.1) is 0 Å². The Hall–Kier alpha value is -1.77. The predicted octanol–water partition coefficient (Wildman–Crippen LogP) is 3.66. The average molecular weight is 296 g/mol. The summed E-state index contributed by atoms with van der Waals surface area (Å²) in [5.74, 6) is 0.401. The molecular formula is C19H24N2O. The third-order valence-electron chi connectivity index (χ3n) is 6.68. The van der Waals surface area contributed by atoms with Crippen LogP contribution in [0.15, 0.2) is 29.1 Å². The summed E-state index contributed by atoms with van der Waals surface area (Å²) in [5, 5.41) is 0. The molecule has 2 aliphatic rings. The summed E-state index contributed by atoms with van der Waals surface area (Å²) in [5.41, 5.74) is 4.99. The zero-order valence-electron chi connectivity index (χ0n) is 14.1. The summed E-state index contributed by atoms with van der Waals surface area (Å²) in [6, 6.07) is 8.23. The highest BCUT2D eigenvalue weighted by atomic mass is 16.1. The lowest BCUT2D eigenvalue weighted by atomic mass is 9.70. The molecule has 3 heteroatoms. The Morgan fingerprint density at radius 3 is 2.36 bits per heavy atom. The first-order valence-corrected chi connectivity index (χ1v) is 8.18. The van der Waals surface area contributed by atoms with Crippen molar-refractivity contribution in [2.45, 2.75) is 51.9 Å². The maximum absolute atomic E-state index is 13.1. The van der Waals surface area contributed by atoms with Gasteiger partial charge in [0.25, 0.3) is 5.56 Å². The molecule has 1 fully saturated rings. The Kier molecular flexibility index (Phi) is 2.49. The third-order valence-corrected chi connectivity index (χ3v) is 6.68. The molecule has 3 nitrogen and oxygen atoms in total. The van der Waals surface area contributed by atoms with Crippen molar-refractivity contribution in [3.05, 3.63) is 51.4 Å². The number of hydrogen-bond acceptors (Lipinski definition) is 1. The smallest absolute Gasteiger partial charge is 0.275 e. The molecule has 2 aliphatic carbocycles. The first-order valence-electron chi connectivity index (χ1n) is 8.18. The van der Waals surface area contributed by atoms with Crippen LogP contribution in [-0.2, 0) is 12.5 Å². The SMILES string of the molecule is Cc1ccc(-n2c(=O)c3c(n2C)[C@]2(C)CCC3C2(C)C)cc1. The van der Waals surface area contributed by atoms with Crippen molar-refractivity contribution >= 4 is 0 Å². The predicted molar refractivity (Wildman–Crippen MR) is 88.9 cm³/mol. The summed E-state index contributed by atoms with van der Waals surface area (Å²) < 4.78 is 3.97. The average Bonchev–Trinajstić information content (AvgIpc) is 2.92. The molecule has 0 saturated heterocycles. The lowest BCUT2D eigenvalue weighted by Gasteiger charge is -2.36. The lowest BCUT2D eigenvalue weighted by Crippen LogP contribution is -2.35. The summed E-state index contributed by atoms with van der Waals surface area (Å²) in [6.45, 7) is 9.08. The Morgan fingerprint density at radius 2 is 1.77 bits per heavy atom. The van der Waals surface area contributed by atoms with E-state index in [0.29, 0.717) is 5.92 Å². The molecule has 2 atom stereocenters. The van der Waals surface area contributed by atoms with E-state index in [1.54, 1.807) is 0 Å². The Balaban J connectivity index is 2.00. The van der Waals surface area contributed by atoms with Crippen LogP contribution in [0.25, 0.3) is 5.69 Å². The Labute approximate surface area is 131 Å².